The number of ether oxygens (including phenoxy) is 1. The number of alkyl halides is 3. The van der Waals surface area contributed by atoms with Crippen molar-refractivity contribution in [2.75, 3.05) is 0 Å². The Kier molecular flexibility index (Phi) is 11.8. The molecule has 0 radical (unpaired) electrons. The molecular weight excluding hydrogens is 811 g/mol. The Balaban J connectivity index is 0.000000567. The standard InChI is InChI=1S/C22H16N2O.C2HF3O2.2Pt/c1-3-19(15-23-13-1)17-5-9-21(10-6-17)25-22-11-7-18(8-12-22)20-4-2-14-24-16-20;3-2(4,5)1(6)7;;/h1-16H;(H,6,7);;/q;;2*+2. The predicted octanol–water partition coefficient (Wildman–Crippen LogP) is 6.23. The van der Waals surface area contributed by atoms with Crippen LogP contribution in [0.2, 0.25) is 0 Å². The van der Waals surface area contributed by atoms with Crippen LogP contribution in [0.15, 0.2) is 97.6 Å². The summed E-state index contributed by atoms with van der Waals surface area (Å²) in [7, 11) is 0. The Morgan fingerprint density at radius 1 is 0.676 bits per heavy atom. The molecule has 178 valence electrons. The topological polar surface area (TPSA) is 72.3 Å². The van der Waals surface area contributed by atoms with Gasteiger partial charge < -0.3 is 9.84 Å². The molecule has 0 aliphatic rings. The van der Waals surface area contributed by atoms with E-state index in [9.17, 15) is 13.2 Å². The maximum Gasteiger partial charge on any atom is 2.00 e. The summed E-state index contributed by atoms with van der Waals surface area (Å²) in [6.07, 6.45) is 2.17. The number of carboxylic acids is 1. The monoisotopic (exact) mass is 828 g/mol. The molecule has 2 aromatic heterocycles. The number of aromatic nitrogens is 2. The van der Waals surface area contributed by atoms with E-state index in [4.69, 9.17) is 14.6 Å². The van der Waals surface area contributed by atoms with Crippen molar-refractivity contribution in [3.05, 3.63) is 97.6 Å². The fourth-order valence-electron chi connectivity index (χ4n) is 2.63. The summed E-state index contributed by atoms with van der Waals surface area (Å²) in [6.45, 7) is 0. The van der Waals surface area contributed by atoms with Crippen LogP contribution < -0.4 is 4.74 Å². The van der Waals surface area contributed by atoms with Gasteiger partial charge in [0, 0.05) is 24.8 Å². The van der Waals surface area contributed by atoms with E-state index in [-0.39, 0.29) is 42.1 Å². The Morgan fingerprint density at radius 2 is 1.03 bits per heavy atom. The van der Waals surface area contributed by atoms with Gasteiger partial charge in [-0.25, -0.2) is 4.79 Å². The van der Waals surface area contributed by atoms with Gasteiger partial charge in [-0.05, 0) is 58.7 Å². The minimum atomic E-state index is -5.08. The van der Waals surface area contributed by atoms with Gasteiger partial charge in [0.2, 0.25) is 0 Å². The Morgan fingerprint density at radius 3 is 1.29 bits per heavy atom. The van der Waals surface area contributed by atoms with Gasteiger partial charge in [-0.1, -0.05) is 36.4 Å². The number of halogens is 3. The summed E-state index contributed by atoms with van der Waals surface area (Å²) in [5.41, 5.74) is 4.42. The van der Waals surface area contributed by atoms with E-state index in [1.54, 1.807) is 12.4 Å². The number of aliphatic carboxylic acids is 1. The third-order valence-corrected chi connectivity index (χ3v) is 4.18. The maximum absolute atomic E-state index is 10.6. The number of carbonyl (C=O) groups is 1. The largest absolute Gasteiger partial charge is 2.00 e. The van der Waals surface area contributed by atoms with Crippen LogP contribution in [0.5, 0.6) is 11.5 Å². The van der Waals surface area contributed by atoms with Crippen LogP contribution in [0, 0.1) is 0 Å². The Hall–Kier alpha value is -2.82. The molecule has 0 amide bonds. The molecule has 0 saturated heterocycles. The van der Waals surface area contributed by atoms with E-state index in [0.717, 1.165) is 33.8 Å². The fraction of sp³-hybridized carbons (Fsp3) is 0.0417. The zero-order chi connectivity index (χ0) is 23.0. The summed E-state index contributed by atoms with van der Waals surface area (Å²) in [6, 6.07) is 24.0. The van der Waals surface area contributed by atoms with Crippen molar-refractivity contribution in [2.45, 2.75) is 6.18 Å². The van der Waals surface area contributed by atoms with Gasteiger partial charge in [0.1, 0.15) is 11.5 Å². The van der Waals surface area contributed by atoms with E-state index in [1.165, 1.54) is 0 Å². The number of rotatable bonds is 4. The van der Waals surface area contributed by atoms with Crippen LogP contribution in [0.4, 0.5) is 13.2 Å². The summed E-state index contributed by atoms with van der Waals surface area (Å²) in [5, 5.41) is 7.12. The van der Waals surface area contributed by atoms with Crippen molar-refractivity contribution in [3.63, 3.8) is 0 Å². The molecule has 0 bridgehead atoms. The fourth-order valence-corrected chi connectivity index (χ4v) is 2.63. The average Bonchev–Trinajstić information content (AvgIpc) is 2.81. The molecule has 10 heteroatoms. The zero-order valence-electron chi connectivity index (χ0n) is 17.2. The summed E-state index contributed by atoms with van der Waals surface area (Å²) >= 11 is 0. The summed E-state index contributed by atoms with van der Waals surface area (Å²) in [5.74, 6) is -1.14. The van der Waals surface area contributed by atoms with Gasteiger partial charge in [-0.15, -0.1) is 0 Å². The molecule has 4 rings (SSSR count). The molecule has 0 unspecified atom stereocenters. The molecule has 0 atom stereocenters. The molecule has 2 heterocycles. The molecule has 2 aromatic carbocycles. The number of carboxylic acid groups (broad SMARTS) is 1. The van der Waals surface area contributed by atoms with E-state index < -0.39 is 12.1 Å². The van der Waals surface area contributed by atoms with Crippen LogP contribution in [0.25, 0.3) is 22.3 Å². The number of hydrogen-bond donors (Lipinski definition) is 1. The first kappa shape index (κ1) is 29.2. The number of nitrogens with zero attached hydrogens (tertiary/aromatic N) is 2. The van der Waals surface area contributed by atoms with E-state index >= 15 is 0 Å². The second-order valence-electron chi connectivity index (χ2n) is 6.44. The quantitative estimate of drug-likeness (QED) is 0.265. The molecule has 0 fully saturated rings. The van der Waals surface area contributed by atoms with E-state index in [2.05, 4.69) is 9.97 Å². The van der Waals surface area contributed by atoms with Crippen molar-refractivity contribution in [2.24, 2.45) is 0 Å². The summed E-state index contributed by atoms with van der Waals surface area (Å²) < 4.78 is 37.7. The molecule has 34 heavy (non-hydrogen) atoms. The SMILES string of the molecule is O=C(O)C(F)(F)F.[Pt+2].[Pt+2].c1cncc(-c2ccc(Oc3ccc(-c4cccnc4)cc3)cc2)c1. The molecule has 0 saturated carbocycles. The second-order valence-corrected chi connectivity index (χ2v) is 6.44. The van der Waals surface area contributed by atoms with Crippen LogP contribution in [-0.2, 0) is 46.9 Å². The van der Waals surface area contributed by atoms with Gasteiger partial charge >= 0.3 is 54.3 Å². The van der Waals surface area contributed by atoms with Gasteiger partial charge in [0.15, 0.2) is 0 Å². The first-order valence-corrected chi connectivity index (χ1v) is 9.32. The maximum atomic E-state index is 10.6. The van der Waals surface area contributed by atoms with Crippen molar-refractivity contribution in [3.8, 4) is 33.8 Å². The van der Waals surface area contributed by atoms with Crippen LogP contribution in [-0.4, -0.2) is 27.2 Å². The third kappa shape index (κ3) is 8.84. The smallest absolute Gasteiger partial charge is 0.475 e. The van der Waals surface area contributed by atoms with Gasteiger partial charge in [-0.3, -0.25) is 9.97 Å². The average molecular weight is 829 g/mol. The Labute approximate surface area is 222 Å². The summed E-state index contributed by atoms with van der Waals surface area (Å²) in [4.78, 5) is 17.2. The van der Waals surface area contributed by atoms with E-state index in [1.807, 2.05) is 85.2 Å². The van der Waals surface area contributed by atoms with Crippen LogP contribution >= 0.6 is 0 Å². The second kappa shape index (κ2) is 13.8. The number of benzene rings is 2. The number of hydrogen-bond acceptors (Lipinski definition) is 4. The molecular formula is C24H17F3N2O3Pt2+4. The van der Waals surface area contributed by atoms with Crippen molar-refractivity contribution in [1.82, 2.24) is 9.97 Å². The van der Waals surface area contributed by atoms with Crippen LogP contribution in [0.1, 0.15) is 0 Å². The molecule has 1 N–H and O–H groups in total. The first-order chi connectivity index (χ1) is 15.3. The van der Waals surface area contributed by atoms with Gasteiger partial charge in [-0.2, -0.15) is 13.2 Å². The minimum absolute atomic E-state index is 0. The van der Waals surface area contributed by atoms with E-state index in [0.29, 0.717) is 0 Å². The predicted molar refractivity (Wildman–Crippen MR) is 113 cm³/mol. The number of pyridine rings is 2. The van der Waals surface area contributed by atoms with Gasteiger partial charge in [0.05, 0.1) is 0 Å². The van der Waals surface area contributed by atoms with Crippen molar-refractivity contribution < 1.29 is 69.9 Å². The zero-order valence-corrected chi connectivity index (χ0v) is 21.7. The van der Waals surface area contributed by atoms with Crippen LogP contribution in [0.3, 0.4) is 0 Å². The minimum Gasteiger partial charge on any atom is -0.475 e. The van der Waals surface area contributed by atoms with Crippen molar-refractivity contribution in [1.29, 1.82) is 0 Å². The third-order valence-electron chi connectivity index (χ3n) is 4.18. The first-order valence-electron chi connectivity index (χ1n) is 9.32. The molecule has 0 spiro atoms. The van der Waals surface area contributed by atoms with Gasteiger partial charge in [0.25, 0.3) is 0 Å². The Bertz CT molecular complexity index is 1060. The molecule has 5 nitrogen and oxygen atoms in total. The molecule has 0 aliphatic carbocycles. The van der Waals surface area contributed by atoms with Crippen molar-refractivity contribution >= 4 is 5.97 Å². The molecule has 0 aliphatic heterocycles. The molecule has 4 aromatic rings. The normalized spacial score (nSPS) is 9.97.